The van der Waals surface area contributed by atoms with Crippen LogP contribution in [0.4, 0.5) is 0 Å². The minimum atomic E-state index is -3.47. The summed E-state index contributed by atoms with van der Waals surface area (Å²) in [5.74, 6) is 0.671. The van der Waals surface area contributed by atoms with E-state index in [0.29, 0.717) is 56.9 Å². The van der Waals surface area contributed by atoms with E-state index in [9.17, 15) is 21.6 Å². The first-order chi connectivity index (χ1) is 22.6. The Kier molecular flexibility index (Phi) is 11.9. The zero-order chi connectivity index (χ0) is 33.4. The molecular weight excluding hydrogens is 651 g/mol. The molecule has 0 N–H and O–H groups in total. The van der Waals surface area contributed by atoms with Crippen molar-refractivity contribution in [2.75, 3.05) is 37.7 Å². The fraction of sp³-hybridized carbons (Fsp3) is 0.432. The van der Waals surface area contributed by atoms with E-state index in [-0.39, 0.29) is 27.1 Å². The molecule has 0 bridgehead atoms. The highest BCUT2D eigenvalue weighted by molar-refractivity contribution is 7.91. The maximum Gasteiger partial charge on any atom is 0.195 e. The van der Waals surface area contributed by atoms with Gasteiger partial charge in [-0.3, -0.25) is 4.79 Å². The fourth-order valence-electron chi connectivity index (χ4n) is 5.93. The van der Waals surface area contributed by atoms with E-state index in [1.165, 1.54) is 30.6 Å². The number of unbranched alkanes of at least 4 members (excludes halogenated alkanes) is 2. The van der Waals surface area contributed by atoms with Gasteiger partial charge in [0.1, 0.15) is 5.75 Å². The van der Waals surface area contributed by atoms with Gasteiger partial charge in [0, 0.05) is 32.6 Å². The van der Waals surface area contributed by atoms with Crippen molar-refractivity contribution in [3.8, 4) is 16.2 Å². The number of thiophene rings is 1. The zero-order valence-electron chi connectivity index (χ0n) is 27.4. The maximum absolute atomic E-state index is 14.2. The van der Waals surface area contributed by atoms with Gasteiger partial charge in [-0.25, -0.2) is 16.8 Å². The van der Waals surface area contributed by atoms with Gasteiger partial charge in [0.2, 0.25) is 0 Å². The van der Waals surface area contributed by atoms with Crippen molar-refractivity contribution in [1.82, 2.24) is 4.90 Å². The Balaban J connectivity index is 1.43. The van der Waals surface area contributed by atoms with Crippen molar-refractivity contribution in [2.45, 2.75) is 75.0 Å². The molecule has 1 saturated heterocycles. The Hall–Kier alpha value is -3.05. The van der Waals surface area contributed by atoms with Gasteiger partial charge in [-0.1, -0.05) is 51.3 Å². The molecular formula is C37H45NO6S3. The first-order valence-corrected chi connectivity index (χ1v) is 20.9. The van der Waals surface area contributed by atoms with Crippen molar-refractivity contribution in [2.24, 2.45) is 0 Å². The Morgan fingerprint density at radius 1 is 0.766 bits per heavy atom. The number of likely N-dealkylation sites (tertiary alicyclic amines) is 1. The number of hydrogen-bond acceptors (Lipinski definition) is 8. The van der Waals surface area contributed by atoms with Gasteiger partial charge in [0.05, 0.1) is 27.9 Å². The van der Waals surface area contributed by atoms with Crippen LogP contribution in [-0.4, -0.2) is 65.3 Å². The molecule has 10 heteroatoms. The van der Waals surface area contributed by atoms with Gasteiger partial charge in [-0.15, -0.1) is 11.3 Å². The van der Waals surface area contributed by atoms with Gasteiger partial charge in [0.15, 0.2) is 25.5 Å². The lowest BCUT2D eigenvalue weighted by Crippen LogP contribution is -2.31. The third-order valence-corrected chi connectivity index (χ3v) is 13.5. The van der Waals surface area contributed by atoms with Gasteiger partial charge in [-0.2, -0.15) is 0 Å². The van der Waals surface area contributed by atoms with E-state index in [1.807, 2.05) is 26.0 Å². The monoisotopic (exact) mass is 695 g/mol. The Morgan fingerprint density at radius 3 is 2.02 bits per heavy atom. The van der Waals surface area contributed by atoms with E-state index < -0.39 is 19.7 Å². The SMILES string of the molecule is CCCCS(=O)(=O)c1ccc(-c2sc3cc(S(=O)(=O)CCCC)ccc3c2C(=O)c2ccc(OCCCN3CCCCC3)cc2)cc1. The highest BCUT2D eigenvalue weighted by Gasteiger charge is 2.24. The standard InChI is InChI=1S/C37H45NO6S3/c1-3-5-25-46(40,41)31-17-13-29(14-18-31)37-35(33-20-19-32(27-34(33)45-37)47(42,43)26-6-4-2)36(39)28-11-15-30(16-12-28)44-24-10-23-38-21-8-7-9-22-38/h11-20,27H,3-10,21-26H2,1-2H3. The number of nitrogens with zero attached hydrogens (tertiary/aromatic N) is 1. The Labute approximate surface area is 283 Å². The second kappa shape index (κ2) is 15.9. The minimum Gasteiger partial charge on any atom is -0.494 e. The highest BCUT2D eigenvalue weighted by Crippen LogP contribution is 2.41. The molecule has 0 aliphatic carbocycles. The number of carbonyl (C=O) groups is 1. The first-order valence-electron chi connectivity index (χ1n) is 16.8. The van der Waals surface area contributed by atoms with Crippen molar-refractivity contribution in [3.05, 3.63) is 77.9 Å². The number of ketones is 1. The molecule has 47 heavy (non-hydrogen) atoms. The predicted molar refractivity (Wildman–Crippen MR) is 191 cm³/mol. The minimum absolute atomic E-state index is 0.0691. The molecule has 0 radical (unpaired) electrons. The topological polar surface area (TPSA) is 97.8 Å². The van der Waals surface area contributed by atoms with Crippen LogP contribution < -0.4 is 4.74 Å². The van der Waals surface area contributed by atoms with Crippen LogP contribution in [0.3, 0.4) is 0 Å². The van der Waals surface area contributed by atoms with Crippen LogP contribution in [0.2, 0.25) is 0 Å². The van der Waals surface area contributed by atoms with Crippen molar-refractivity contribution < 1.29 is 26.4 Å². The van der Waals surface area contributed by atoms with E-state index in [2.05, 4.69) is 4.90 Å². The number of piperidine rings is 1. The summed E-state index contributed by atoms with van der Waals surface area (Å²) >= 11 is 1.35. The predicted octanol–water partition coefficient (Wildman–Crippen LogP) is 8.20. The lowest BCUT2D eigenvalue weighted by Gasteiger charge is -2.26. The summed E-state index contributed by atoms with van der Waals surface area (Å²) in [5.41, 5.74) is 1.66. The molecule has 2 heterocycles. The first kappa shape index (κ1) is 35.3. The van der Waals surface area contributed by atoms with Crippen LogP contribution in [0.25, 0.3) is 20.5 Å². The largest absolute Gasteiger partial charge is 0.494 e. The molecule has 4 aromatic rings. The van der Waals surface area contributed by atoms with E-state index in [4.69, 9.17) is 4.74 Å². The van der Waals surface area contributed by atoms with Crippen LogP contribution in [0.5, 0.6) is 5.75 Å². The van der Waals surface area contributed by atoms with Crippen molar-refractivity contribution in [1.29, 1.82) is 0 Å². The lowest BCUT2D eigenvalue weighted by molar-refractivity contribution is 0.104. The maximum atomic E-state index is 14.2. The third kappa shape index (κ3) is 8.71. The molecule has 0 spiro atoms. The quantitative estimate of drug-likeness (QED) is 0.0861. The summed E-state index contributed by atoms with van der Waals surface area (Å²) in [7, 11) is -6.88. The van der Waals surface area contributed by atoms with Crippen LogP contribution in [0, 0.1) is 0 Å². The molecule has 252 valence electrons. The number of hydrogen-bond donors (Lipinski definition) is 0. The number of ether oxygens (including phenoxy) is 1. The molecule has 1 aliphatic heterocycles. The van der Waals surface area contributed by atoms with Gasteiger partial charge in [0.25, 0.3) is 0 Å². The van der Waals surface area contributed by atoms with Crippen LogP contribution in [0.1, 0.15) is 81.1 Å². The number of sulfone groups is 2. The zero-order valence-corrected chi connectivity index (χ0v) is 29.8. The van der Waals surface area contributed by atoms with Gasteiger partial charge in [-0.05, 0) is 99.3 Å². The molecule has 1 aromatic heterocycles. The normalized spacial score (nSPS) is 14.4. The van der Waals surface area contributed by atoms with Crippen LogP contribution in [-0.2, 0) is 19.7 Å². The number of benzene rings is 3. The average molecular weight is 696 g/mol. The molecule has 1 aliphatic rings. The number of rotatable bonds is 16. The molecule has 0 saturated carbocycles. The molecule has 1 fully saturated rings. The average Bonchev–Trinajstić information content (AvgIpc) is 3.48. The van der Waals surface area contributed by atoms with Crippen molar-refractivity contribution >= 4 is 46.9 Å². The molecule has 0 atom stereocenters. The molecule has 3 aromatic carbocycles. The summed E-state index contributed by atoms with van der Waals surface area (Å²) in [6.07, 6.45) is 7.52. The summed E-state index contributed by atoms with van der Waals surface area (Å²) in [5, 5.41) is 0.669. The summed E-state index contributed by atoms with van der Waals surface area (Å²) in [6.45, 7) is 7.87. The summed E-state index contributed by atoms with van der Waals surface area (Å²) < 4.78 is 58.3. The van der Waals surface area contributed by atoms with E-state index >= 15 is 0 Å². The Morgan fingerprint density at radius 2 is 1.38 bits per heavy atom. The summed E-state index contributed by atoms with van der Waals surface area (Å²) in [4.78, 5) is 17.8. The van der Waals surface area contributed by atoms with E-state index in [1.54, 1.807) is 54.6 Å². The second-order valence-electron chi connectivity index (χ2n) is 12.3. The van der Waals surface area contributed by atoms with Gasteiger partial charge >= 0.3 is 0 Å². The van der Waals surface area contributed by atoms with E-state index in [0.717, 1.165) is 38.9 Å². The fourth-order valence-corrected chi connectivity index (χ4v) is 10.2. The smallest absolute Gasteiger partial charge is 0.195 e. The number of carbonyl (C=O) groups excluding carboxylic acids is 1. The number of fused-ring (bicyclic) bond motifs is 1. The van der Waals surface area contributed by atoms with Crippen LogP contribution >= 0.6 is 11.3 Å². The van der Waals surface area contributed by atoms with Crippen LogP contribution in [0.15, 0.2) is 76.5 Å². The molecule has 0 unspecified atom stereocenters. The van der Waals surface area contributed by atoms with Gasteiger partial charge < -0.3 is 9.64 Å². The highest BCUT2D eigenvalue weighted by atomic mass is 32.2. The summed E-state index contributed by atoms with van der Waals surface area (Å²) in [6, 6.07) is 18.8. The molecule has 0 amide bonds. The lowest BCUT2D eigenvalue weighted by atomic mass is 9.97. The second-order valence-corrected chi connectivity index (χ2v) is 17.6. The Bertz CT molecular complexity index is 1870. The molecule has 7 nitrogen and oxygen atoms in total. The molecule has 5 rings (SSSR count). The van der Waals surface area contributed by atoms with Crippen molar-refractivity contribution in [3.63, 3.8) is 0 Å². The third-order valence-electron chi connectivity index (χ3n) is 8.71.